The number of hydrogen-bond acceptors (Lipinski definition) is 4. The van der Waals surface area contributed by atoms with Crippen molar-refractivity contribution in [1.82, 2.24) is 4.90 Å². The molecule has 1 fully saturated rings. The van der Waals surface area contributed by atoms with Crippen molar-refractivity contribution < 1.29 is 22.3 Å². The standard InChI is InChI=1S/C19H18Cl2FNO4S/c20-13-3-8-18(17(21)10-13)27-12-19(24)23-9-1-2-16(11-23)28(25,26)15-6-4-14(22)5-7-15/h3-8,10,16H,1-2,9,11-12H2/t16-/m0/s1. The minimum absolute atomic E-state index is 0.0531. The molecule has 0 saturated carbocycles. The van der Waals surface area contributed by atoms with Crippen molar-refractivity contribution in [2.45, 2.75) is 23.0 Å². The lowest BCUT2D eigenvalue weighted by Gasteiger charge is -2.32. The zero-order valence-corrected chi connectivity index (χ0v) is 17.1. The number of rotatable bonds is 5. The van der Waals surface area contributed by atoms with Crippen LogP contribution in [0.5, 0.6) is 5.75 Å². The first-order valence-electron chi connectivity index (χ1n) is 8.62. The number of benzene rings is 2. The van der Waals surface area contributed by atoms with E-state index in [1.807, 2.05) is 0 Å². The molecule has 0 N–H and O–H groups in total. The Morgan fingerprint density at radius 3 is 2.57 bits per heavy atom. The number of nitrogens with zero attached hydrogens (tertiary/aromatic N) is 1. The molecule has 0 spiro atoms. The number of halogens is 3. The van der Waals surface area contributed by atoms with E-state index in [4.69, 9.17) is 27.9 Å². The molecule has 150 valence electrons. The number of amides is 1. The Labute approximate surface area is 172 Å². The van der Waals surface area contributed by atoms with Crippen molar-refractivity contribution in [3.8, 4) is 5.75 Å². The highest BCUT2D eigenvalue weighted by molar-refractivity contribution is 7.92. The van der Waals surface area contributed by atoms with E-state index in [1.54, 1.807) is 12.1 Å². The van der Waals surface area contributed by atoms with Crippen LogP contribution in [0.2, 0.25) is 10.0 Å². The first-order chi connectivity index (χ1) is 13.3. The summed E-state index contributed by atoms with van der Waals surface area (Å²) < 4.78 is 44.1. The van der Waals surface area contributed by atoms with Gasteiger partial charge in [0.05, 0.1) is 15.2 Å². The van der Waals surface area contributed by atoms with E-state index >= 15 is 0 Å². The summed E-state index contributed by atoms with van der Waals surface area (Å²) in [5.41, 5.74) is 0. The van der Waals surface area contributed by atoms with Crippen molar-refractivity contribution in [3.05, 3.63) is 58.3 Å². The summed E-state index contributed by atoms with van der Waals surface area (Å²) in [5.74, 6) is -0.505. The maximum absolute atomic E-state index is 13.1. The van der Waals surface area contributed by atoms with Crippen LogP contribution in [0.15, 0.2) is 47.4 Å². The van der Waals surface area contributed by atoms with Crippen molar-refractivity contribution in [2.24, 2.45) is 0 Å². The van der Waals surface area contributed by atoms with Gasteiger partial charge in [-0.1, -0.05) is 23.2 Å². The molecule has 1 atom stereocenters. The third-order valence-electron chi connectivity index (χ3n) is 4.56. The number of ether oxygens (including phenoxy) is 1. The number of piperidine rings is 1. The predicted molar refractivity (Wildman–Crippen MR) is 105 cm³/mol. The average molecular weight is 446 g/mol. The lowest BCUT2D eigenvalue weighted by atomic mass is 10.1. The molecule has 0 unspecified atom stereocenters. The van der Waals surface area contributed by atoms with Gasteiger partial charge in [0.15, 0.2) is 16.4 Å². The Hall–Kier alpha value is -1.83. The highest BCUT2D eigenvalue weighted by Crippen LogP contribution is 2.28. The van der Waals surface area contributed by atoms with Crippen molar-refractivity contribution in [1.29, 1.82) is 0 Å². The molecule has 0 aromatic heterocycles. The first-order valence-corrected chi connectivity index (χ1v) is 10.9. The highest BCUT2D eigenvalue weighted by atomic mass is 35.5. The quantitative estimate of drug-likeness (QED) is 0.652. The monoisotopic (exact) mass is 445 g/mol. The second kappa shape index (κ2) is 8.68. The van der Waals surface area contributed by atoms with Crippen LogP contribution in [0, 0.1) is 5.82 Å². The Morgan fingerprint density at radius 2 is 1.89 bits per heavy atom. The topological polar surface area (TPSA) is 63.7 Å². The molecule has 28 heavy (non-hydrogen) atoms. The van der Waals surface area contributed by atoms with E-state index in [2.05, 4.69) is 0 Å². The first kappa shape index (κ1) is 20.9. The molecule has 2 aromatic rings. The Morgan fingerprint density at radius 1 is 1.18 bits per heavy atom. The Bertz CT molecular complexity index is 966. The minimum Gasteiger partial charge on any atom is -0.482 e. The molecule has 1 saturated heterocycles. The average Bonchev–Trinajstić information content (AvgIpc) is 2.67. The zero-order valence-electron chi connectivity index (χ0n) is 14.8. The summed E-state index contributed by atoms with van der Waals surface area (Å²) in [5, 5.41) is -0.000891. The van der Waals surface area contributed by atoms with Gasteiger partial charge in [-0.3, -0.25) is 4.79 Å². The van der Waals surface area contributed by atoms with Crippen LogP contribution >= 0.6 is 23.2 Å². The van der Waals surface area contributed by atoms with Crippen molar-refractivity contribution in [2.75, 3.05) is 19.7 Å². The fourth-order valence-corrected chi connectivity index (χ4v) is 5.27. The lowest BCUT2D eigenvalue weighted by Crippen LogP contribution is -2.46. The fraction of sp³-hybridized carbons (Fsp3) is 0.316. The van der Waals surface area contributed by atoms with E-state index in [-0.39, 0.29) is 29.0 Å². The van der Waals surface area contributed by atoms with Gasteiger partial charge in [-0.2, -0.15) is 0 Å². The van der Waals surface area contributed by atoms with Crippen LogP contribution in [-0.4, -0.2) is 44.2 Å². The SMILES string of the molecule is O=C(COc1ccc(Cl)cc1Cl)N1CCC[C@H](S(=O)(=O)c2ccc(F)cc2)C1. The van der Waals surface area contributed by atoms with E-state index in [0.717, 1.165) is 12.1 Å². The van der Waals surface area contributed by atoms with Gasteiger partial charge in [0, 0.05) is 18.1 Å². The molecular formula is C19H18Cl2FNO4S. The van der Waals surface area contributed by atoms with Crippen LogP contribution in [-0.2, 0) is 14.6 Å². The molecule has 1 heterocycles. The normalized spacial score (nSPS) is 17.4. The molecule has 1 aliphatic rings. The Kier molecular flexibility index (Phi) is 6.47. The van der Waals surface area contributed by atoms with E-state index < -0.39 is 20.9 Å². The van der Waals surface area contributed by atoms with Crippen LogP contribution < -0.4 is 4.74 Å². The van der Waals surface area contributed by atoms with Crippen molar-refractivity contribution >= 4 is 38.9 Å². The van der Waals surface area contributed by atoms with Crippen LogP contribution in [0.3, 0.4) is 0 Å². The predicted octanol–water partition coefficient (Wildman–Crippen LogP) is 3.98. The van der Waals surface area contributed by atoms with Gasteiger partial charge in [0.1, 0.15) is 11.6 Å². The minimum atomic E-state index is -3.66. The molecule has 0 radical (unpaired) electrons. The van der Waals surface area contributed by atoms with Gasteiger partial charge in [-0.15, -0.1) is 0 Å². The highest BCUT2D eigenvalue weighted by Gasteiger charge is 2.33. The summed E-state index contributed by atoms with van der Waals surface area (Å²) in [4.78, 5) is 14.0. The number of sulfone groups is 1. The second-order valence-corrected chi connectivity index (χ2v) is 9.54. The van der Waals surface area contributed by atoms with Gasteiger partial charge >= 0.3 is 0 Å². The van der Waals surface area contributed by atoms with E-state index in [1.165, 1.54) is 23.1 Å². The van der Waals surface area contributed by atoms with Gasteiger partial charge in [-0.05, 0) is 55.3 Å². The van der Waals surface area contributed by atoms with Crippen LogP contribution in [0.4, 0.5) is 4.39 Å². The largest absolute Gasteiger partial charge is 0.482 e. The van der Waals surface area contributed by atoms with Gasteiger partial charge in [0.25, 0.3) is 5.91 Å². The molecule has 1 aliphatic heterocycles. The second-order valence-electron chi connectivity index (χ2n) is 6.47. The van der Waals surface area contributed by atoms with Crippen LogP contribution in [0.25, 0.3) is 0 Å². The smallest absolute Gasteiger partial charge is 0.260 e. The zero-order chi connectivity index (χ0) is 20.3. The van der Waals surface area contributed by atoms with Crippen LogP contribution in [0.1, 0.15) is 12.8 Å². The lowest BCUT2D eigenvalue weighted by molar-refractivity contribution is -0.134. The molecule has 1 amide bonds. The summed E-state index contributed by atoms with van der Waals surface area (Å²) in [6, 6.07) is 9.39. The number of carbonyl (C=O) groups excluding carboxylic acids is 1. The molecule has 0 bridgehead atoms. The van der Waals surface area contributed by atoms with Gasteiger partial charge in [0.2, 0.25) is 0 Å². The number of likely N-dealkylation sites (tertiary alicyclic amines) is 1. The maximum atomic E-state index is 13.1. The third-order valence-corrected chi connectivity index (χ3v) is 7.28. The number of carbonyl (C=O) groups is 1. The summed E-state index contributed by atoms with van der Waals surface area (Å²) in [7, 11) is -3.66. The molecule has 5 nitrogen and oxygen atoms in total. The Balaban J connectivity index is 1.65. The summed E-state index contributed by atoms with van der Waals surface area (Å²) >= 11 is 11.8. The maximum Gasteiger partial charge on any atom is 0.260 e. The summed E-state index contributed by atoms with van der Waals surface area (Å²) in [6.07, 6.45) is 0.992. The van der Waals surface area contributed by atoms with Gasteiger partial charge in [-0.25, -0.2) is 12.8 Å². The molecule has 3 rings (SSSR count). The molecule has 2 aromatic carbocycles. The van der Waals surface area contributed by atoms with E-state index in [9.17, 15) is 17.6 Å². The molecular weight excluding hydrogens is 428 g/mol. The third kappa shape index (κ3) is 4.77. The summed E-state index contributed by atoms with van der Waals surface area (Å²) in [6.45, 7) is 0.257. The van der Waals surface area contributed by atoms with Crippen molar-refractivity contribution in [3.63, 3.8) is 0 Å². The van der Waals surface area contributed by atoms with Gasteiger partial charge < -0.3 is 9.64 Å². The fourth-order valence-electron chi connectivity index (χ4n) is 3.06. The molecule has 0 aliphatic carbocycles. The molecule has 9 heteroatoms. The number of hydrogen-bond donors (Lipinski definition) is 0. The van der Waals surface area contributed by atoms with E-state index in [0.29, 0.717) is 30.2 Å².